The Labute approximate surface area is 145 Å². The maximum atomic E-state index is 12.7. The van der Waals surface area contributed by atoms with E-state index in [-0.39, 0.29) is 24.5 Å². The second-order valence-electron chi connectivity index (χ2n) is 6.32. The molecular formula is C18H18N4O3. The van der Waals surface area contributed by atoms with Crippen molar-refractivity contribution in [3.8, 4) is 0 Å². The van der Waals surface area contributed by atoms with E-state index < -0.39 is 5.54 Å². The SMILES string of the molecule is O=C1CO[C@@H]2CN(C(=O)c3ccnnc3)CC[C@@]2(c2ccccc2)N1. The predicted molar refractivity (Wildman–Crippen MR) is 88.6 cm³/mol. The molecule has 2 fully saturated rings. The monoisotopic (exact) mass is 338 g/mol. The molecule has 1 N–H and O–H groups in total. The van der Waals surface area contributed by atoms with Crippen LogP contribution in [-0.4, -0.2) is 52.7 Å². The number of amides is 2. The van der Waals surface area contributed by atoms with Crippen LogP contribution in [0.5, 0.6) is 0 Å². The largest absolute Gasteiger partial charge is 0.364 e. The summed E-state index contributed by atoms with van der Waals surface area (Å²) in [6, 6.07) is 11.5. The first-order valence-corrected chi connectivity index (χ1v) is 8.23. The number of ether oxygens (including phenoxy) is 1. The third kappa shape index (κ3) is 2.76. The third-order valence-corrected chi connectivity index (χ3v) is 4.90. The van der Waals surface area contributed by atoms with E-state index in [1.165, 1.54) is 12.4 Å². The van der Waals surface area contributed by atoms with Crippen molar-refractivity contribution < 1.29 is 14.3 Å². The van der Waals surface area contributed by atoms with Gasteiger partial charge in [0.15, 0.2) is 0 Å². The molecule has 0 aliphatic carbocycles. The van der Waals surface area contributed by atoms with Gasteiger partial charge in [0.05, 0.1) is 23.5 Å². The van der Waals surface area contributed by atoms with Crippen molar-refractivity contribution in [2.75, 3.05) is 19.7 Å². The number of benzene rings is 1. The van der Waals surface area contributed by atoms with Crippen molar-refractivity contribution in [2.45, 2.75) is 18.1 Å². The van der Waals surface area contributed by atoms with Gasteiger partial charge in [-0.1, -0.05) is 30.3 Å². The molecule has 0 unspecified atom stereocenters. The highest BCUT2D eigenvalue weighted by atomic mass is 16.5. The molecule has 0 bridgehead atoms. The summed E-state index contributed by atoms with van der Waals surface area (Å²) >= 11 is 0. The number of rotatable bonds is 2. The Kier molecular flexibility index (Phi) is 3.93. The maximum absolute atomic E-state index is 12.7. The second-order valence-corrected chi connectivity index (χ2v) is 6.32. The van der Waals surface area contributed by atoms with E-state index in [1.54, 1.807) is 11.0 Å². The molecule has 128 valence electrons. The smallest absolute Gasteiger partial charge is 0.255 e. The molecule has 0 radical (unpaired) electrons. The van der Waals surface area contributed by atoms with E-state index in [2.05, 4.69) is 15.5 Å². The van der Waals surface area contributed by atoms with Crippen molar-refractivity contribution in [1.82, 2.24) is 20.4 Å². The lowest BCUT2D eigenvalue weighted by molar-refractivity contribution is -0.150. The molecule has 0 saturated carbocycles. The van der Waals surface area contributed by atoms with Gasteiger partial charge in [0, 0.05) is 13.1 Å². The standard InChI is InChI=1S/C18H18N4O3/c23-16-12-25-15-11-22(17(24)13-6-8-19-20-10-13)9-7-18(15,21-16)14-4-2-1-3-5-14/h1-6,8,10,15H,7,9,11-12H2,(H,21,23)/t15-,18+/m1/s1. The molecule has 7 nitrogen and oxygen atoms in total. The normalized spacial score (nSPS) is 25.8. The number of nitrogens with zero attached hydrogens (tertiary/aromatic N) is 3. The van der Waals surface area contributed by atoms with E-state index in [0.29, 0.717) is 25.1 Å². The van der Waals surface area contributed by atoms with Gasteiger partial charge in [0.1, 0.15) is 12.7 Å². The lowest BCUT2D eigenvalue weighted by Gasteiger charge is -2.50. The van der Waals surface area contributed by atoms with Crippen molar-refractivity contribution >= 4 is 11.8 Å². The first-order valence-electron chi connectivity index (χ1n) is 8.23. The van der Waals surface area contributed by atoms with Gasteiger partial charge in [0.2, 0.25) is 5.91 Å². The predicted octanol–water partition coefficient (Wildman–Crippen LogP) is 0.733. The molecule has 1 aromatic heterocycles. The zero-order chi connectivity index (χ0) is 17.3. The highest BCUT2D eigenvalue weighted by Crippen LogP contribution is 2.37. The van der Waals surface area contributed by atoms with E-state index in [4.69, 9.17) is 4.74 Å². The summed E-state index contributed by atoms with van der Waals surface area (Å²) in [5, 5.41) is 10.6. The van der Waals surface area contributed by atoms with Crippen LogP contribution in [0.15, 0.2) is 48.8 Å². The van der Waals surface area contributed by atoms with Crippen LogP contribution in [0.1, 0.15) is 22.3 Å². The molecule has 2 amide bonds. The number of morpholine rings is 1. The summed E-state index contributed by atoms with van der Waals surface area (Å²) in [6.45, 7) is 0.949. The van der Waals surface area contributed by atoms with Crippen molar-refractivity contribution in [2.24, 2.45) is 0 Å². The Bertz CT molecular complexity index is 783. The van der Waals surface area contributed by atoms with Crippen LogP contribution in [0.3, 0.4) is 0 Å². The molecule has 2 saturated heterocycles. The number of hydrogen-bond acceptors (Lipinski definition) is 5. The minimum Gasteiger partial charge on any atom is -0.364 e. The fourth-order valence-electron chi connectivity index (χ4n) is 3.64. The highest BCUT2D eigenvalue weighted by Gasteiger charge is 2.49. The van der Waals surface area contributed by atoms with Gasteiger partial charge < -0.3 is 15.0 Å². The number of hydrogen-bond donors (Lipinski definition) is 1. The van der Waals surface area contributed by atoms with Crippen LogP contribution < -0.4 is 5.32 Å². The average Bonchev–Trinajstić information content (AvgIpc) is 2.68. The molecular weight excluding hydrogens is 320 g/mol. The van der Waals surface area contributed by atoms with Gasteiger partial charge >= 0.3 is 0 Å². The molecule has 7 heteroatoms. The second kappa shape index (κ2) is 6.25. The van der Waals surface area contributed by atoms with Gasteiger partial charge in [-0.25, -0.2) is 0 Å². The molecule has 25 heavy (non-hydrogen) atoms. The summed E-state index contributed by atoms with van der Waals surface area (Å²) in [5.74, 6) is -0.227. The fourth-order valence-corrected chi connectivity index (χ4v) is 3.64. The lowest BCUT2D eigenvalue weighted by Crippen LogP contribution is -2.67. The van der Waals surface area contributed by atoms with E-state index >= 15 is 0 Å². The number of piperidine rings is 1. The van der Waals surface area contributed by atoms with Gasteiger partial charge in [-0.05, 0) is 18.1 Å². The molecule has 0 spiro atoms. The average molecular weight is 338 g/mol. The topological polar surface area (TPSA) is 84.4 Å². The molecule has 2 aliphatic heterocycles. The molecule has 2 atom stereocenters. The van der Waals surface area contributed by atoms with Crippen molar-refractivity contribution in [1.29, 1.82) is 0 Å². The van der Waals surface area contributed by atoms with Gasteiger partial charge in [-0.3, -0.25) is 9.59 Å². The molecule has 2 aromatic rings. The highest BCUT2D eigenvalue weighted by molar-refractivity contribution is 5.94. The molecule has 1 aromatic carbocycles. The van der Waals surface area contributed by atoms with Crippen LogP contribution in [0, 0.1) is 0 Å². The summed E-state index contributed by atoms with van der Waals surface area (Å²) in [5.41, 5.74) is 0.914. The van der Waals surface area contributed by atoms with Crippen LogP contribution in [0.2, 0.25) is 0 Å². The fraction of sp³-hybridized carbons (Fsp3) is 0.333. The summed E-state index contributed by atoms with van der Waals surface area (Å²) in [4.78, 5) is 26.4. The van der Waals surface area contributed by atoms with Crippen molar-refractivity contribution in [3.63, 3.8) is 0 Å². The Hall–Kier alpha value is -2.80. The zero-order valence-electron chi connectivity index (χ0n) is 13.6. The number of carbonyl (C=O) groups is 2. The summed E-state index contributed by atoms with van der Waals surface area (Å²) in [7, 11) is 0. The number of likely N-dealkylation sites (tertiary alicyclic amines) is 1. The number of fused-ring (bicyclic) bond motifs is 1. The van der Waals surface area contributed by atoms with Crippen molar-refractivity contribution in [3.05, 3.63) is 59.9 Å². The van der Waals surface area contributed by atoms with E-state index in [1.807, 2.05) is 30.3 Å². The zero-order valence-corrected chi connectivity index (χ0v) is 13.6. The summed E-state index contributed by atoms with van der Waals surface area (Å²) in [6.07, 6.45) is 3.27. The lowest BCUT2D eigenvalue weighted by atomic mass is 9.77. The third-order valence-electron chi connectivity index (χ3n) is 4.90. The van der Waals surface area contributed by atoms with Gasteiger partial charge in [-0.2, -0.15) is 10.2 Å². The van der Waals surface area contributed by atoms with Crippen LogP contribution >= 0.6 is 0 Å². The Morgan fingerprint density at radius 2 is 2.08 bits per heavy atom. The number of aromatic nitrogens is 2. The van der Waals surface area contributed by atoms with Crippen LogP contribution in [-0.2, 0) is 15.1 Å². The number of nitrogens with one attached hydrogen (secondary N) is 1. The minimum absolute atomic E-state index is 0.0120. The quantitative estimate of drug-likeness (QED) is 0.873. The Morgan fingerprint density at radius 3 is 2.84 bits per heavy atom. The maximum Gasteiger partial charge on any atom is 0.255 e. The minimum atomic E-state index is -0.593. The van der Waals surface area contributed by atoms with E-state index in [0.717, 1.165) is 5.56 Å². The molecule has 2 aliphatic rings. The van der Waals surface area contributed by atoms with Gasteiger partial charge in [0.25, 0.3) is 5.91 Å². The molecule has 3 heterocycles. The Morgan fingerprint density at radius 1 is 1.24 bits per heavy atom. The summed E-state index contributed by atoms with van der Waals surface area (Å²) < 4.78 is 5.83. The first kappa shape index (κ1) is 15.7. The first-order chi connectivity index (χ1) is 12.2. The number of carbonyl (C=O) groups excluding carboxylic acids is 2. The van der Waals surface area contributed by atoms with Gasteiger partial charge in [-0.15, -0.1) is 0 Å². The molecule has 4 rings (SSSR count). The van der Waals surface area contributed by atoms with E-state index in [9.17, 15) is 9.59 Å². The Balaban J connectivity index is 1.62. The van der Waals surface area contributed by atoms with Crippen LogP contribution in [0.4, 0.5) is 0 Å². The van der Waals surface area contributed by atoms with Crippen LogP contribution in [0.25, 0.3) is 0 Å².